The molecule has 0 saturated carbocycles. The molecule has 2 heterocycles. The standard InChI is InChI=1S/C13H9N3O2.ClH/c17-13(9-3-5-14-6-4-9)16-10-1-2-11-12(7-10)18-8-15-11;/h1-8H,(H,16,17);1H. The molecule has 0 spiro atoms. The molecule has 0 atom stereocenters. The van der Waals surface area contributed by atoms with E-state index in [1.54, 1.807) is 42.7 Å². The molecule has 0 unspecified atom stereocenters. The fourth-order valence-electron chi connectivity index (χ4n) is 1.64. The lowest BCUT2D eigenvalue weighted by Crippen LogP contribution is -2.11. The molecule has 3 aromatic rings. The lowest BCUT2D eigenvalue weighted by atomic mass is 10.2. The minimum Gasteiger partial charge on any atom is -0.443 e. The van der Waals surface area contributed by atoms with Crippen molar-refractivity contribution in [2.24, 2.45) is 0 Å². The van der Waals surface area contributed by atoms with Gasteiger partial charge >= 0.3 is 0 Å². The highest BCUT2D eigenvalue weighted by Crippen LogP contribution is 2.18. The lowest BCUT2D eigenvalue weighted by Gasteiger charge is -2.04. The monoisotopic (exact) mass is 275 g/mol. The van der Waals surface area contributed by atoms with Gasteiger partial charge in [0.25, 0.3) is 5.91 Å². The maximum Gasteiger partial charge on any atom is 0.255 e. The third kappa shape index (κ3) is 2.71. The zero-order valence-corrected chi connectivity index (χ0v) is 10.6. The Balaban J connectivity index is 0.00000133. The molecule has 0 radical (unpaired) electrons. The molecule has 5 nitrogen and oxygen atoms in total. The van der Waals surface area contributed by atoms with Gasteiger partial charge in [-0.15, -0.1) is 12.4 Å². The summed E-state index contributed by atoms with van der Waals surface area (Å²) in [6.07, 6.45) is 4.53. The molecule has 0 aliphatic rings. The van der Waals surface area contributed by atoms with Gasteiger partial charge < -0.3 is 9.73 Å². The third-order valence-corrected chi connectivity index (χ3v) is 2.53. The predicted octanol–water partition coefficient (Wildman–Crippen LogP) is 2.90. The number of aromatic nitrogens is 2. The smallest absolute Gasteiger partial charge is 0.255 e. The average molecular weight is 276 g/mol. The van der Waals surface area contributed by atoms with Gasteiger partial charge in [-0.05, 0) is 24.3 Å². The van der Waals surface area contributed by atoms with Gasteiger partial charge in [0.1, 0.15) is 5.52 Å². The van der Waals surface area contributed by atoms with E-state index < -0.39 is 0 Å². The van der Waals surface area contributed by atoms with Crippen LogP contribution in [0.5, 0.6) is 0 Å². The highest BCUT2D eigenvalue weighted by atomic mass is 35.5. The van der Waals surface area contributed by atoms with Crippen LogP contribution in [0.1, 0.15) is 10.4 Å². The van der Waals surface area contributed by atoms with Gasteiger partial charge in [0, 0.05) is 29.7 Å². The van der Waals surface area contributed by atoms with Crippen LogP contribution < -0.4 is 5.32 Å². The number of amides is 1. The first-order chi connectivity index (χ1) is 8.83. The van der Waals surface area contributed by atoms with Crippen LogP contribution in [0, 0.1) is 0 Å². The van der Waals surface area contributed by atoms with Crippen molar-refractivity contribution in [1.82, 2.24) is 9.97 Å². The average Bonchev–Trinajstić information content (AvgIpc) is 2.87. The maximum absolute atomic E-state index is 11.9. The number of pyridine rings is 1. The number of hydrogen-bond donors (Lipinski definition) is 1. The summed E-state index contributed by atoms with van der Waals surface area (Å²) in [5.41, 5.74) is 2.63. The summed E-state index contributed by atoms with van der Waals surface area (Å²) < 4.78 is 5.17. The molecule has 3 rings (SSSR count). The first-order valence-corrected chi connectivity index (χ1v) is 5.37. The normalized spacial score (nSPS) is 9.89. The van der Waals surface area contributed by atoms with Gasteiger partial charge in [0.2, 0.25) is 0 Å². The summed E-state index contributed by atoms with van der Waals surface area (Å²) in [4.78, 5) is 19.8. The van der Waals surface area contributed by atoms with E-state index >= 15 is 0 Å². The second-order valence-electron chi connectivity index (χ2n) is 3.72. The molecule has 96 valence electrons. The number of nitrogens with zero attached hydrogens (tertiary/aromatic N) is 2. The first kappa shape index (κ1) is 13.0. The van der Waals surface area contributed by atoms with Crippen molar-refractivity contribution in [3.63, 3.8) is 0 Å². The van der Waals surface area contributed by atoms with Crippen LogP contribution in [0.2, 0.25) is 0 Å². The summed E-state index contributed by atoms with van der Waals surface area (Å²) in [6, 6.07) is 8.62. The van der Waals surface area contributed by atoms with E-state index in [-0.39, 0.29) is 18.3 Å². The molecule has 0 saturated heterocycles. The first-order valence-electron chi connectivity index (χ1n) is 5.37. The van der Waals surface area contributed by atoms with Crippen molar-refractivity contribution < 1.29 is 9.21 Å². The van der Waals surface area contributed by atoms with Crippen LogP contribution in [0.3, 0.4) is 0 Å². The topological polar surface area (TPSA) is 68.0 Å². The Kier molecular flexibility index (Phi) is 3.77. The second-order valence-corrected chi connectivity index (χ2v) is 3.72. The number of oxazole rings is 1. The van der Waals surface area contributed by atoms with E-state index in [1.807, 2.05) is 0 Å². The van der Waals surface area contributed by atoms with Gasteiger partial charge in [-0.3, -0.25) is 9.78 Å². The van der Waals surface area contributed by atoms with Gasteiger partial charge in [-0.2, -0.15) is 0 Å². The van der Waals surface area contributed by atoms with Crippen molar-refractivity contribution in [2.45, 2.75) is 0 Å². The lowest BCUT2D eigenvalue weighted by molar-refractivity contribution is 0.102. The summed E-state index contributed by atoms with van der Waals surface area (Å²) in [6.45, 7) is 0. The van der Waals surface area contributed by atoms with Crippen molar-refractivity contribution >= 4 is 35.1 Å². The summed E-state index contributed by atoms with van der Waals surface area (Å²) in [7, 11) is 0. The van der Waals surface area contributed by atoms with Crippen molar-refractivity contribution in [3.8, 4) is 0 Å². The number of hydrogen-bond acceptors (Lipinski definition) is 4. The molecule has 1 N–H and O–H groups in total. The third-order valence-electron chi connectivity index (χ3n) is 2.53. The van der Waals surface area contributed by atoms with E-state index in [0.717, 1.165) is 5.52 Å². The van der Waals surface area contributed by atoms with Crippen molar-refractivity contribution in [2.75, 3.05) is 5.32 Å². The van der Waals surface area contributed by atoms with E-state index in [4.69, 9.17) is 4.42 Å². The Bertz CT molecular complexity index is 697. The fraction of sp³-hybridized carbons (Fsp3) is 0. The molecular weight excluding hydrogens is 266 g/mol. The molecule has 2 aromatic heterocycles. The van der Waals surface area contributed by atoms with Gasteiger partial charge in [0.05, 0.1) is 0 Å². The van der Waals surface area contributed by atoms with E-state index in [2.05, 4.69) is 15.3 Å². The second kappa shape index (κ2) is 5.49. The van der Waals surface area contributed by atoms with Crippen LogP contribution in [-0.2, 0) is 0 Å². The Morgan fingerprint density at radius 3 is 2.74 bits per heavy atom. The van der Waals surface area contributed by atoms with Gasteiger partial charge in [0.15, 0.2) is 12.0 Å². The number of carbonyl (C=O) groups is 1. The molecule has 1 aromatic carbocycles. The number of nitrogens with one attached hydrogen (secondary N) is 1. The van der Waals surface area contributed by atoms with Crippen LogP contribution in [0.4, 0.5) is 5.69 Å². The van der Waals surface area contributed by atoms with E-state index in [1.165, 1.54) is 6.39 Å². The predicted molar refractivity (Wildman–Crippen MR) is 73.4 cm³/mol. The number of anilines is 1. The van der Waals surface area contributed by atoms with Gasteiger partial charge in [-0.25, -0.2) is 4.98 Å². The van der Waals surface area contributed by atoms with Crippen LogP contribution in [-0.4, -0.2) is 15.9 Å². The molecule has 0 bridgehead atoms. The number of rotatable bonds is 2. The minimum atomic E-state index is -0.184. The van der Waals surface area contributed by atoms with Crippen LogP contribution in [0.25, 0.3) is 11.1 Å². The van der Waals surface area contributed by atoms with Crippen molar-refractivity contribution in [1.29, 1.82) is 0 Å². The molecule has 0 fully saturated rings. The minimum absolute atomic E-state index is 0. The molecule has 0 aliphatic heterocycles. The molecule has 19 heavy (non-hydrogen) atoms. The van der Waals surface area contributed by atoms with E-state index in [9.17, 15) is 4.79 Å². The highest BCUT2D eigenvalue weighted by molar-refractivity contribution is 6.04. The number of halogens is 1. The molecular formula is C13H10ClN3O2. The zero-order valence-electron chi connectivity index (χ0n) is 9.74. The number of fused-ring (bicyclic) bond motifs is 1. The Morgan fingerprint density at radius 1 is 1.16 bits per heavy atom. The molecule has 1 amide bonds. The Labute approximate surface area is 115 Å². The number of benzene rings is 1. The largest absolute Gasteiger partial charge is 0.443 e. The highest BCUT2D eigenvalue weighted by Gasteiger charge is 2.06. The Hall–Kier alpha value is -2.40. The molecule has 6 heteroatoms. The summed E-state index contributed by atoms with van der Waals surface area (Å²) in [5, 5.41) is 2.79. The van der Waals surface area contributed by atoms with E-state index in [0.29, 0.717) is 16.8 Å². The zero-order chi connectivity index (χ0) is 12.4. The maximum atomic E-state index is 11.9. The van der Waals surface area contributed by atoms with Crippen LogP contribution in [0.15, 0.2) is 53.5 Å². The number of carbonyl (C=O) groups excluding carboxylic acids is 1. The quantitative estimate of drug-likeness (QED) is 0.781. The fourth-order valence-corrected chi connectivity index (χ4v) is 1.64. The SMILES string of the molecule is Cl.O=C(Nc1ccc2ncoc2c1)c1ccncc1. The summed E-state index contributed by atoms with van der Waals surface area (Å²) >= 11 is 0. The van der Waals surface area contributed by atoms with Crippen molar-refractivity contribution in [3.05, 3.63) is 54.7 Å². The summed E-state index contributed by atoms with van der Waals surface area (Å²) in [5.74, 6) is -0.184. The Morgan fingerprint density at radius 2 is 1.95 bits per heavy atom. The van der Waals surface area contributed by atoms with Gasteiger partial charge in [-0.1, -0.05) is 0 Å². The van der Waals surface area contributed by atoms with Crippen LogP contribution >= 0.6 is 12.4 Å². The molecule has 0 aliphatic carbocycles.